The molecule has 6 nitrogen and oxygen atoms in total. The van der Waals surface area contributed by atoms with E-state index >= 15 is 0 Å². The summed E-state index contributed by atoms with van der Waals surface area (Å²) in [7, 11) is 0. The van der Waals surface area contributed by atoms with Crippen LogP contribution in [0.15, 0.2) is 24.3 Å². The molecule has 0 saturated carbocycles. The van der Waals surface area contributed by atoms with Gasteiger partial charge in [0, 0.05) is 51.1 Å². The molecule has 0 aliphatic carbocycles. The van der Waals surface area contributed by atoms with Crippen molar-refractivity contribution < 1.29 is 14.4 Å². The summed E-state index contributed by atoms with van der Waals surface area (Å²) in [5.41, 5.74) is 1.98. The number of anilines is 1. The lowest BCUT2D eigenvalue weighted by molar-refractivity contribution is -0.133. The van der Waals surface area contributed by atoms with Crippen molar-refractivity contribution in [1.82, 2.24) is 9.80 Å². The summed E-state index contributed by atoms with van der Waals surface area (Å²) in [5, 5.41) is 2.97. The fourth-order valence-corrected chi connectivity index (χ4v) is 4.27. The number of hydrogen-bond acceptors (Lipinski definition) is 3. The fraction of sp³-hybridized carbons (Fsp3) is 0.609. The Bertz CT molecular complexity index is 726. The second-order valence-corrected chi connectivity index (χ2v) is 8.37. The molecule has 1 aromatic rings. The van der Waals surface area contributed by atoms with Gasteiger partial charge in [0.05, 0.1) is 0 Å². The van der Waals surface area contributed by atoms with Gasteiger partial charge in [-0.25, -0.2) is 0 Å². The van der Waals surface area contributed by atoms with Gasteiger partial charge in [0.25, 0.3) is 0 Å². The van der Waals surface area contributed by atoms with Crippen LogP contribution in [0.2, 0.25) is 0 Å². The van der Waals surface area contributed by atoms with Crippen LogP contribution in [0, 0.1) is 12.8 Å². The normalized spacial score (nSPS) is 17.6. The Balaban J connectivity index is 1.30. The van der Waals surface area contributed by atoms with Crippen LogP contribution >= 0.6 is 0 Å². The molecular formula is C23H33N3O3. The molecule has 0 bridgehead atoms. The van der Waals surface area contributed by atoms with Crippen LogP contribution in [-0.4, -0.2) is 53.7 Å². The van der Waals surface area contributed by atoms with E-state index in [1.54, 1.807) is 0 Å². The Labute approximate surface area is 173 Å². The van der Waals surface area contributed by atoms with Crippen LogP contribution in [0.25, 0.3) is 0 Å². The van der Waals surface area contributed by atoms with Gasteiger partial charge in [-0.1, -0.05) is 12.1 Å². The van der Waals surface area contributed by atoms with Gasteiger partial charge in [-0.15, -0.1) is 0 Å². The molecule has 2 aliphatic rings. The van der Waals surface area contributed by atoms with E-state index in [1.165, 1.54) is 0 Å². The molecule has 2 fully saturated rings. The molecule has 0 aromatic heterocycles. The lowest BCUT2D eigenvalue weighted by Crippen LogP contribution is -2.39. The van der Waals surface area contributed by atoms with E-state index in [-0.39, 0.29) is 17.7 Å². The summed E-state index contributed by atoms with van der Waals surface area (Å²) in [5.74, 6) is 0.993. The van der Waals surface area contributed by atoms with E-state index in [2.05, 4.69) is 5.32 Å². The second kappa shape index (κ2) is 10.4. The molecular weight excluding hydrogens is 366 g/mol. The van der Waals surface area contributed by atoms with Gasteiger partial charge in [-0.2, -0.15) is 0 Å². The van der Waals surface area contributed by atoms with Crippen molar-refractivity contribution in [3.8, 4) is 0 Å². The van der Waals surface area contributed by atoms with E-state index in [0.29, 0.717) is 31.7 Å². The maximum Gasteiger partial charge on any atom is 0.224 e. The molecule has 2 heterocycles. The van der Waals surface area contributed by atoms with Crippen LogP contribution in [0.3, 0.4) is 0 Å². The third kappa shape index (κ3) is 6.58. The molecule has 0 radical (unpaired) electrons. The monoisotopic (exact) mass is 399 g/mol. The first kappa shape index (κ1) is 21.3. The predicted octanol–water partition coefficient (Wildman–Crippen LogP) is 3.35. The van der Waals surface area contributed by atoms with Crippen molar-refractivity contribution in [2.24, 2.45) is 5.92 Å². The molecule has 0 spiro atoms. The first-order valence-corrected chi connectivity index (χ1v) is 10.9. The Kier molecular flexibility index (Phi) is 7.67. The van der Waals surface area contributed by atoms with Gasteiger partial charge in [0.1, 0.15) is 0 Å². The van der Waals surface area contributed by atoms with E-state index < -0.39 is 0 Å². The molecule has 6 heteroatoms. The Hall–Kier alpha value is -2.37. The molecule has 158 valence electrons. The van der Waals surface area contributed by atoms with Crippen molar-refractivity contribution in [3.63, 3.8) is 0 Å². The third-order valence-electron chi connectivity index (χ3n) is 6.04. The quantitative estimate of drug-likeness (QED) is 0.729. The summed E-state index contributed by atoms with van der Waals surface area (Å²) in [4.78, 5) is 40.0. The first-order valence-electron chi connectivity index (χ1n) is 10.9. The number of hydrogen-bond donors (Lipinski definition) is 1. The molecule has 1 N–H and O–H groups in total. The van der Waals surface area contributed by atoms with E-state index in [1.807, 2.05) is 41.0 Å². The van der Waals surface area contributed by atoms with Crippen LogP contribution in [0.4, 0.5) is 5.69 Å². The Morgan fingerprint density at radius 3 is 2.62 bits per heavy atom. The largest absolute Gasteiger partial charge is 0.343 e. The summed E-state index contributed by atoms with van der Waals surface area (Å²) in [6.45, 7) is 5.13. The van der Waals surface area contributed by atoms with Crippen molar-refractivity contribution in [2.45, 2.75) is 58.3 Å². The van der Waals surface area contributed by atoms with Gasteiger partial charge in [0.2, 0.25) is 17.7 Å². The molecule has 1 aromatic carbocycles. The topological polar surface area (TPSA) is 69.7 Å². The number of carbonyl (C=O) groups excluding carboxylic acids is 3. The van der Waals surface area contributed by atoms with Gasteiger partial charge in [-0.3, -0.25) is 14.4 Å². The highest BCUT2D eigenvalue weighted by Gasteiger charge is 2.24. The third-order valence-corrected chi connectivity index (χ3v) is 6.04. The minimum Gasteiger partial charge on any atom is -0.343 e. The molecule has 29 heavy (non-hydrogen) atoms. The first-order chi connectivity index (χ1) is 14.0. The highest BCUT2D eigenvalue weighted by molar-refractivity contribution is 5.90. The number of likely N-dealkylation sites (tertiary alicyclic amines) is 2. The van der Waals surface area contributed by atoms with Gasteiger partial charge < -0.3 is 15.1 Å². The Morgan fingerprint density at radius 1 is 1.14 bits per heavy atom. The van der Waals surface area contributed by atoms with Crippen LogP contribution in [0.1, 0.15) is 56.9 Å². The van der Waals surface area contributed by atoms with Gasteiger partial charge >= 0.3 is 0 Å². The number of benzene rings is 1. The summed E-state index contributed by atoms with van der Waals surface area (Å²) in [6.07, 6.45) is 6.21. The highest BCUT2D eigenvalue weighted by atomic mass is 16.2. The summed E-state index contributed by atoms with van der Waals surface area (Å²) >= 11 is 0. The summed E-state index contributed by atoms with van der Waals surface area (Å²) < 4.78 is 0. The Morgan fingerprint density at radius 2 is 1.93 bits per heavy atom. The molecule has 3 amide bonds. The lowest BCUT2D eigenvalue weighted by atomic mass is 9.92. The molecule has 3 rings (SSSR count). The smallest absolute Gasteiger partial charge is 0.224 e. The highest BCUT2D eigenvalue weighted by Crippen LogP contribution is 2.23. The number of piperidine rings is 1. The number of aryl methyl sites for hydroxylation is 1. The average Bonchev–Trinajstić information content (AvgIpc) is 3.11. The van der Waals surface area contributed by atoms with Crippen molar-refractivity contribution in [1.29, 1.82) is 0 Å². The zero-order valence-corrected chi connectivity index (χ0v) is 17.5. The molecule has 2 aliphatic heterocycles. The van der Waals surface area contributed by atoms with Crippen molar-refractivity contribution in [2.75, 3.05) is 31.5 Å². The molecule has 2 saturated heterocycles. The molecule has 0 unspecified atom stereocenters. The maximum absolute atomic E-state index is 12.4. The van der Waals surface area contributed by atoms with E-state index in [9.17, 15) is 14.4 Å². The number of nitrogens with zero attached hydrogens (tertiary/aromatic N) is 2. The standard InChI is InChI=1S/C23H33N3O3/c1-18-5-2-6-20(17-18)24-21(27)10-9-19-11-15-26(16-12-19)23(29)8-4-14-25-13-3-7-22(25)28/h2,5-6,17,19H,3-4,7-16H2,1H3,(H,24,27). The number of carbonyl (C=O) groups is 3. The second-order valence-electron chi connectivity index (χ2n) is 8.37. The number of amides is 3. The van der Waals surface area contributed by atoms with Crippen LogP contribution < -0.4 is 5.32 Å². The SMILES string of the molecule is Cc1cccc(NC(=O)CCC2CCN(C(=O)CCCN3CCCC3=O)CC2)c1. The van der Waals surface area contributed by atoms with E-state index in [0.717, 1.165) is 63.0 Å². The lowest BCUT2D eigenvalue weighted by Gasteiger charge is -2.32. The van der Waals surface area contributed by atoms with Gasteiger partial charge in [0.15, 0.2) is 0 Å². The summed E-state index contributed by atoms with van der Waals surface area (Å²) in [6, 6.07) is 7.84. The van der Waals surface area contributed by atoms with Crippen molar-refractivity contribution >= 4 is 23.4 Å². The van der Waals surface area contributed by atoms with Gasteiger partial charge in [-0.05, 0) is 62.6 Å². The number of rotatable bonds is 8. The zero-order chi connectivity index (χ0) is 20.6. The minimum atomic E-state index is 0.0607. The number of nitrogens with one attached hydrogen (secondary N) is 1. The minimum absolute atomic E-state index is 0.0607. The maximum atomic E-state index is 12.4. The van der Waals surface area contributed by atoms with Crippen LogP contribution in [-0.2, 0) is 14.4 Å². The van der Waals surface area contributed by atoms with Crippen molar-refractivity contribution in [3.05, 3.63) is 29.8 Å². The zero-order valence-electron chi connectivity index (χ0n) is 17.5. The predicted molar refractivity (Wildman–Crippen MR) is 113 cm³/mol. The van der Waals surface area contributed by atoms with Crippen LogP contribution in [0.5, 0.6) is 0 Å². The average molecular weight is 400 g/mol. The molecule has 0 atom stereocenters. The van der Waals surface area contributed by atoms with E-state index in [4.69, 9.17) is 0 Å². The fourth-order valence-electron chi connectivity index (χ4n) is 4.27.